The molecule has 25 heavy (non-hydrogen) atoms. The molecule has 0 saturated heterocycles. The predicted molar refractivity (Wildman–Crippen MR) is 99.6 cm³/mol. The van der Waals surface area contributed by atoms with Crippen LogP contribution < -0.4 is 0 Å². The van der Waals surface area contributed by atoms with E-state index in [1.807, 2.05) is 39.0 Å². The van der Waals surface area contributed by atoms with Crippen molar-refractivity contribution in [3.05, 3.63) is 35.9 Å². The van der Waals surface area contributed by atoms with Gasteiger partial charge in [-0.25, -0.2) is 4.79 Å². The maximum absolute atomic E-state index is 11.8. The third-order valence-electron chi connectivity index (χ3n) is 3.53. The zero-order valence-electron chi connectivity index (χ0n) is 16.3. The van der Waals surface area contributed by atoms with E-state index >= 15 is 0 Å². The minimum absolute atomic E-state index is 0.157. The van der Waals surface area contributed by atoms with E-state index in [-0.39, 0.29) is 12.2 Å². The Balaban J connectivity index is 2.03. The van der Waals surface area contributed by atoms with Crippen molar-refractivity contribution in [3.63, 3.8) is 0 Å². The maximum atomic E-state index is 11.8. The quantitative estimate of drug-likeness (QED) is 0.591. The van der Waals surface area contributed by atoms with E-state index in [1.165, 1.54) is 5.56 Å². The molecule has 5 nitrogen and oxygen atoms in total. The molecule has 1 unspecified atom stereocenters. The van der Waals surface area contributed by atoms with Gasteiger partial charge in [0.25, 0.3) is 0 Å². The lowest BCUT2D eigenvalue weighted by Crippen LogP contribution is -2.35. The summed E-state index contributed by atoms with van der Waals surface area (Å²) in [4.78, 5) is 13.4. The average molecular weight is 351 g/mol. The molecule has 0 saturated carbocycles. The molecule has 0 aliphatic heterocycles. The van der Waals surface area contributed by atoms with Crippen LogP contribution in [0.15, 0.2) is 30.3 Å². The van der Waals surface area contributed by atoms with Gasteiger partial charge >= 0.3 is 6.09 Å². The predicted octanol–water partition coefficient (Wildman–Crippen LogP) is 4.26. The molecule has 142 valence electrons. The summed E-state index contributed by atoms with van der Waals surface area (Å²) in [6, 6.07) is 10.2. The van der Waals surface area contributed by atoms with Gasteiger partial charge in [0.15, 0.2) is 0 Å². The fraction of sp³-hybridized carbons (Fsp3) is 0.650. The van der Waals surface area contributed by atoms with Gasteiger partial charge in [-0.1, -0.05) is 30.3 Å². The highest BCUT2D eigenvalue weighted by atomic mass is 16.6. The van der Waals surface area contributed by atoms with Crippen LogP contribution in [-0.4, -0.2) is 49.5 Å². The first-order chi connectivity index (χ1) is 11.8. The molecule has 0 aromatic heterocycles. The fourth-order valence-electron chi connectivity index (χ4n) is 2.08. The van der Waals surface area contributed by atoms with Crippen LogP contribution in [0.2, 0.25) is 0 Å². The summed E-state index contributed by atoms with van der Waals surface area (Å²) in [5.41, 5.74) is 0.720. The number of amides is 1. The van der Waals surface area contributed by atoms with Crippen LogP contribution in [0.25, 0.3) is 0 Å². The van der Waals surface area contributed by atoms with Gasteiger partial charge in [-0.2, -0.15) is 0 Å². The van der Waals surface area contributed by atoms with Crippen molar-refractivity contribution >= 4 is 6.09 Å². The Morgan fingerprint density at radius 1 is 1.16 bits per heavy atom. The second kappa shape index (κ2) is 11.1. The molecule has 1 atom stereocenters. The first-order valence-electron chi connectivity index (χ1n) is 8.95. The lowest BCUT2D eigenvalue weighted by atomic mass is 10.2. The molecule has 0 radical (unpaired) electrons. The molecule has 1 aromatic rings. The molecule has 0 spiro atoms. The van der Waals surface area contributed by atoms with Crippen molar-refractivity contribution in [2.24, 2.45) is 0 Å². The standard InChI is InChI=1S/C20H33NO4/c1-17(24-16-18-10-7-6-8-11-18)12-15-23-14-9-13-21(5)19(22)25-20(2,3)4/h6-8,10-11,17H,9,12-16H2,1-5H3. The second-order valence-corrected chi connectivity index (χ2v) is 7.26. The van der Waals surface area contributed by atoms with Gasteiger partial charge in [0, 0.05) is 26.8 Å². The number of hydrogen-bond donors (Lipinski definition) is 0. The number of ether oxygens (including phenoxy) is 3. The van der Waals surface area contributed by atoms with Crippen molar-refractivity contribution in [2.45, 2.75) is 58.8 Å². The lowest BCUT2D eigenvalue weighted by molar-refractivity contribution is 0.0181. The normalized spacial score (nSPS) is 12.7. The number of benzene rings is 1. The van der Waals surface area contributed by atoms with E-state index in [9.17, 15) is 4.79 Å². The molecule has 0 fully saturated rings. The van der Waals surface area contributed by atoms with Crippen molar-refractivity contribution in [2.75, 3.05) is 26.8 Å². The van der Waals surface area contributed by atoms with E-state index < -0.39 is 5.60 Å². The topological polar surface area (TPSA) is 48.0 Å². The van der Waals surface area contributed by atoms with Gasteiger partial charge < -0.3 is 19.1 Å². The SMILES string of the molecule is CC(CCOCCCN(C)C(=O)OC(C)(C)C)OCc1ccccc1. The van der Waals surface area contributed by atoms with Crippen LogP contribution in [0, 0.1) is 0 Å². The van der Waals surface area contributed by atoms with Crippen LogP contribution >= 0.6 is 0 Å². The minimum Gasteiger partial charge on any atom is -0.444 e. The summed E-state index contributed by atoms with van der Waals surface area (Å²) in [7, 11) is 1.74. The van der Waals surface area contributed by atoms with Crippen molar-refractivity contribution in [1.82, 2.24) is 4.90 Å². The van der Waals surface area contributed by atoms with Crippen LogP contribution in [0.3, 0.4) is 0 Å². The molecule has 5 heteroatoms. The molecule has 0 bridgehead atoms. The highest BCUT2D eigenvalue weighted by molar-refractivity contribution is 5.67. The maximum Gasteiger partial charge on any atom is 0.410 e. The molecular formula is C20H33NO4. The molecule has 0 aliphatic carbocycles. The fourth-order valence-corrected chi connectivity index (χ4v) is 2.08. The Morgan fingerprint density at radius 3 is 2.48 bits per heavy atom. The Hall–Kier alpha value is -1.59. The van der Waals surface area contributed by atoms with Crippen LogP contribution in [0.1, 0.15) is 46.1 Å². The van der Waals surface area contributed by atoms with E-state index in [1.54, 1.807) is 11.9 Å². The van der Waals surface area contributed by atoms with E-state index in [4.69, 9.17) is 14.2 Å². The number of nitrogens with zero attached hydrogens (tertiary/aromatic N) is 1. The average Bonchev–Trinajstić information content (AvgIpc) is 2.55. The lowest BCUT2D eigenvalue weighted by Gasteiger charge is -2.24. The number of carbonyl (C=O) groups excluding carboxylic acids is 1. The van der Waals surface area contributed by atoms with Crippen LogP contribution in [0.4, 0.5) is 4.79 Å². The number of rotatable bonds is 10. The first-order valence-corrected chi connectivity index (χ1v) is 8.95. The van der Waals surface area contributed by atoms with Crippen LogP contribution in [-0.2, 0) is 20.8 Å². The summed E-state index contributed by atoms with van der Waals surface area (Å²) < 4.78 is 16.7. The first kappa shape index (κ1) is 21.5. The van der Waals surface area contributed by atoms with Gasteiger partial charge in [0.2, 0.25) is 0 Å². The van der Waals surface area contributed by atoms with E-state index in [0.717, 1.165) is 12.8 Å². The Kier molecular flexibility index (Phi) is 9.53. The summed E-state index contributed by atoms with van der Waals surface area (Å²) in [6.45, 7) is 10.2. The zero-order valence-corrected chi connectivity index (χ0v) is 16.3. The van der Waals surface area contributed by atoms with Crippen molar-refractivity contribution in [1.29, 1.82) is 0 Å². The van der Waals surface area contributed by atoms with E-state index in [2.05, 4.69) is 19.1 Å². The molecule has 0 heterocycles. The third kappa shape index (κ3) is 10.8. The van der Waals surface area contributed by atoms with Crippen molar-refractivity contribution in [3.8, 4) is 0 Å². The molecule has 1 rings (SSSR count). The van der Waals surface area contributed by atoms with Gasteiger partial charge in [0.05, 0.1) is 12.7 Å². The molecule has 1 amide bonds. The van der Waals surface area contributed by atoms with Gasteiger partial charge in [-0.15, -0.1) is 0 Å². The van der Waals surface area contributed by atoms with Crippen molar-refractivity contribution < 1.29 is 19.0 Å². The molecular weight excluding hydrogens is 318 g/mol. The molecule has 0 aliphatic rings. The third-order valence-corrected chi connectivity index (χ3v) is 3.53. The Labute approximate surface area is 152 Å². The highest BCUT2D eigenvalue weighted by Crippen LogP contribution is 2.09. The summed E-state index contributed by atoms with van der Waals surface area (Å²) in [5, 5.41) is 0. The zero-order chi connectivity index (χ0) is 18.7. The molecule has 0 N–H and O–H groups in total. The largest absolute Gasteiger partial charge is 0.444 e. The summed E-state index contributed by atoms with van der Waals surface area (Å²) in [6.07, 6.45) is 1.50. The smallest absolute Gasteiger partial charge is 0.410 e. The molecule has 1 aromatic carbocycles. The monoisotopic (exact) mass is 351 g/mol. The van der Waals surface area contributed by atoms with Crippen LogP contribution in [0.5, 0.6) is 0 Å². The summed E-state index contributed by atoms with van der Waals surface area (Å²) in [5.74, 6) is 0. The number of hydrogen-bond acceptors (Lipinski definition) is 4. The Morgan fingerprint density at radius 2 is 1.84 bits per heavy atom. The van der Waals surface area contributed by atoms with Gasteiger partial charge in [-0.3, -0.25) is 0 Å². The number of carbonyl (C=O) groups is 1. The Bertz CT molecular complexity index is 484. The second-order valence-electron chi connectivity index (χ2n) is 7.26. The van der Waals surface area contributed by atoms with Gasteiger partial charge in [-0.05, 0) is 46.1 Å². The minimum atomic E-state index is -0.461. The summed E-state index contributed by atoms with van der Waals surface area (Å²) >= 11 is 0. The van der Waals surface area contributed by atoms with Gasteiger partial charge in [0.1, 0.15) is 5.60 Å². The highest BCUT2D eigenvalue weighted by Gasteiger charge is 2.19. The van der Waals surface area contributed by atoms with E-state index in [0.29, 0.717) is 26.4 Å².